The summed E-state index contributed by atoms with van der Waals surface area (Å²) >= 11 is 0. The average Bonchev–Trinajstić information content (AvgIpc) is 3.38. The highest BCUT2D eigenvalue weighted by molar-refractivity contribution is 5.91. The Hall–Kier alpha value is -3.61. The van der Waals surface area contributed by atoms with Crippen LogP contribution in [0.1, 0.15) is 49.2 Å². The minimum atomic E-state index is -0.935. The fourth-order valence-corrected chi connectivity index (χ4v) is 3.72. The fraction of sp³-hybridized carbons (Fsp3) is 0.261. The first-order valence-electron chi connectivity index (χ1n) is 9.86. The molecular formula is C23H24N4O3. The summed E-state index contributed by atoms with van der Waals surface area (Å²) in [7, 11) is 0. The van der Waals surface area contributed by atoms with Gasteiger partial charge < -0.3 is 14.1 Å². The van der Waals surface area contributed by atoms with E-state index >= 15 is 0 Å². The molecule has 0 amide bonds. The number of carboxylic acids is 1. The highest BCUT2D eigenvalue weighted by Crippen LogP contribution is 2.29. The maximum atomic E-state index is 11.5. The van der Waals surface area contributed by atoms with Gasteiger partial charge in [-0.2, -0.15) is 5.10 Å². The van der Waals surface area contributed by atoms with Crippen molar-refractivity contribution in [3.8, 4) is 5.82 Å². The van der Waals surface area contributed by atoms with Crippen LogP contribution in [0.2, 0.25) is 0 Å². The first-order valence-corrected chi connectivity index (χ1v) is 9.86. The third kappa shape index (κ3) is 3.54. The second-order valence-corrected chi connectivity index (χ2v) is 7.62. The van der Waals surface area contributed by atoms with E-state index in [1.165, 1.54) is 0 Å². The summed E-state index contributed by atoms with van der Waals surface area (Å²) in [6, 6.07) is 11.6. The van der Waals surface area contributed by atoms with Crippen LogP contribution in [0.25, 0.3) is 28.6 Å². The van der Waals surface area contributed by atoms with E-state index in [2.05, 4.69) is 28.5 Å². The van der Waals surface area contributed by atoms with Gasteiger partial charge in [-0.05, 0) is 57.5 Å². The van der Waals surface area contributed by atoms with Gasteiger partial charge in [-0.15, -0.1) is 0 Å². The molecule has 4 rings (SSSR count). The van der Waals surface area contributed by atoms with Gasteiger partial charge in [-0.3, -0.25) is 4.79 Å². The second-order valence-electron chi connectivity index (χ2n) is 7.62. The Labute approximate surface area is 174 Å². The minimum absolute atomic E-state index is 0.180. The number of para-hydroxylation sites is 2. The largest absolute Gasteiger partial charge is 0.481 e. The molecule has 0 bridgehead atoms. The van der Waals surface area contributed by atoms with Gasteiger partial charge in [0.25, 0.3) is 0 Å². The van der Waals surface area contributed by atoms with Crippen LogP contribution < -0.4 is 0 Å². The number of oxazole rings is 1. The molecule has 0 spiro atoms. The van der Waals surface area contributed by atoms with Crippen molar-refractivity contribution in [1.82, 2.24) is 19.3 Å². The van der Waals surface area contributed by atoms with E-state index in [0.29, 0.717) is 22.6 Å². The fourth-order valence-electron chi connectivity index (χ4n) is 3.72. The molecule has 0 aliphatic carbocycles. The molecule has 0 atom stereocenters. The van der Waals surface area contributed by atoms with E-state index in [1.807, 2.05) is 61.0 Å². The highest BCUT2D eigenvalue weighted by atomic mass is 16.4. The molecule has 0 unspecified atom stereocenters. The molecular weight excluding hydrogens is 380 g/mol. The molecule has 7 nitrogen and oxygen atoms in total. The SMILES string of the molecule is Cc1cc(/C=C(\CC(=O)O)c2nc3ccccc3o2)c(C)n1-c1ccnn1C(C)C. The molecule has 0 aliphatic rings. The van der Waals surface area contributed by atoms with Gasteiger partial charge in [-0.1, -0.05) is 12.1 Å². The lowest BCUT2D eigenvalue weighted by Gasteiger charge is -2.15. The summed E-state index contributed by atoms with van der Waals surface area (Å²) in [4.78, 5) is 16.0. The minimum Gasteiger partial charge on any atom is -0.481 e. The number of carboxylic acid groups (broad SMARTS) is 1. The van der Waals surface area contributed by atoms with E-state index in [1.54, 1.807) is 6.20 Å². The number of fused-ring (bicyclic) bond motifs is 1. The van der Waals surface area contributed by atoms with Crippen molar-refractivity contribution in [3.63, 3.8) is 0 Å². The van der Waals surface area contributed by atoms with Crippen LogP contribution >= 0.6 is 0 Å². The Balaban J connectivity index is 1.83. The van der Waals surface area contributed by atoms with Gasteiger partial charge >= 0.3 is 5.97 Å². The Kier molecular flexibility index (Phi) is 5.03. The molecule has 0 radical (unpaired) electrons. The smallest absolute Gasteiger partial charge is 0.308 e. The Morgan fingerprint density at radius 2 is 2.00 bits per heavy atom. The summed E-state index contributed by atoms with van der Waals surface area (Å²) in [6.07, 6.45) is 3.46. The number of aromatic nitrogens is 4. The molecule has 1 N–H and O–H groups in total. The molecule has 0 saturated heterocycles. The zero-order valence-electron chi connectivity index (χ0n) is 17.5. The number of hydrogen-bond acceptors (Lipinski definition) is 4. The monoisotopic (exact) mass is 404 g/mol. The lowest BCUT2D eigenvalue weighted by molar-refractivity contribution is -0.135. The molecule has 154 valence electrons. The van der Waals surface area contributed by atoms with Crippen molar-refractivity contribution in [2.75, 3.05) is 0 Å². The lowest BCUT2D eigenvalue weighted by atomic mass is 10.1. The zero-order valence-corrected chi connectivity index (χ0v) is 17.5. The standard InChI is InChI=1S/C23H24N4O3/c1-14(2)27-21(9-10-24-27)26-15(3)11-17(16(26)4)12-18(13-22(28)29)23-25-19-7-5-6-8-20(19)30-23/h5-12,14H,13H2,1-4H3,(H,28,29)/b18-12+. The summed E-state index contributed by atoms with van der Waals surface area (Å²) in [6.45, 7) is 8.21. The molecule has 7 heteroatoms. The normalized spacial score (nSPS) is 12.2. The van der Waals surface area contributed by atoms with E-state index in [-0.39, 0.29) is 12.5 Å². The molecule has 4 aromatic rings. The predicted octanol–water partition coefficient (Wildman–Crippen LogP) is 5.03. The number of hydrogen-bond donors (Lipinski definition) is 1. The van der Waals surface area contributed by atoms with Crippen molar-refractivity contribution < 1.29 is 14.3 Å². The topological polar surface area (TPSA) is 86.1 Å². The Morgan fingerprint density at radius 1 is 1.23 bits per heavy atom. The van der Waals surface area contributed by atoms with E-state index in [9.17, 15) is 9.90 Å². The van der Waals surface area contributed by atoms with Crippen LogP contribution in [0.4, 0.5) is 0 Å². The maximum absolute atomic E-state index is 11.5. The summed E-state index contributed by atoms with van der Waals surface area (Å²) in [5.74, 6) is 0.368. The highest BCUT2D eigenvalue weighted by Gasteiger charge is 2.18. The predicted molar refractivity (Wildman–Crippen MR) is 116 cm³/mol. The zero-order chi connectivity index (χ0) is 21.4. The summed E-state index contributed by atoms with van der Waals surface area (Å²) < 4.78 is 9.93. The van der Waals surface area contributed by atoms with Crippen molar-refractivity contribution in [2.45, 2.75) is 40.2 Å². The number of aryl methyl sites for hydroxylation is 1. The van der Waals surface area contributed by atoms with Crippen LogP contribution in [-0.4, -0.2) is 30.4 Å². The average molecular weight is 404 g/mol. The lowest BCUT2D eigenvalue weighted by Crippen LogP contribution is -2.11. The molecule has 30 heavy (non-hydrogen) atoms. The second kappa shape index (κ2) is 7.67. The number of aliphatic carboxylic acids is 1. The molecule has 3 heterocycles. The van der Waals surface area contributed by atoms with E-state index < -0.39 is 5.97 Å². The van der Waals surface area contributed by atoms with Gasteiger partial charge in [-0.25, -0.2) is 9.67 Å². The van der Waals surface area contributed by atoms with E-state index in [4.69, 9.17) is 4.42 Å². The van der Waals surface area contributed by atoms with Crippen LogP contribution in [0.15, 0.2) is 47.0 Å². The number of benzene rings is 1. The van der Waals surface area contributed by atoms with Crippen molar-refractivity contribution in [3.05, 3.63) is 65.4 Å². The Morgan fingerprint density at radius 3 is 2.70 bits per heavy atom. The van der Waals surface area contributed by atoms with Crippen molar-refractivity contribution in [2.24, 2.45) is 0 Å². The van der Waals surface area contributed by atoms with Gasteiger partial charge in [0.05, 0.1) is 12.6 Å². The van der Waals surface area contributed by atoms with E-state index in [0.717, 1.165) is 22.8 Å². The van der Waals surface area contributed by atoms with Crippen molar-refractivity contribution in [1.29, 1.82) is 0 Å². The number of nitrogens with zero attached hydrogens (tertiary/aromatic N) is 4. The van der Waals surface area contributed by atoms with Gasteiger partial charge in [0.2, 0.25) is 5.89 Å². The summed E-state index contributed by atoms with van der Waals surface area (Å²) in [5, 5.41) is 13.9. The molecule has 3 aromatic heterocycles. The van der Waals surface area contributed by atoms with Crippen LogP contribution in [0.3, 0.4) is 0 Å². The molecule has 0 aliphatic heterocycles. The number of rotatable bonds is 6. The molecule has 1 aromatic carbocycles. The maximum Gasteiger partial charge on any atom is 0.308 e. The van der Waals surface area contributed by atoms with Crippen LogP contribution in [-0.2, 0) is 4.79 Å². The molecule has 0 saturated carbocycles. The van der Waals surface area contributed by atoms with Gasteiger partial charge in [0, 0.05) is 29.1 Å². The third-order valence-corrected chi connectivity index (χ3v) is 5.08. The third-order valence-electron chi connectivity index (χ3n) is 5.08. The van der Waals surface area contributed by atoms with Gasteiger partial charge in [0.15, 0.2) is 5.58 Å². The van der Waals surface area contributed by atoms with Crippen molar-refractivity contribution >= 4 is 28.7 Å². The quantitative estimate of drug-likeness (QED) is 0.487. The Bertz CT molecular complexity index is 1220. The first kappa shape index (κ1) is 19.7. The van der Waals surface area contributed by atoms with Crippen LogP contribution in [0, 0.1) is 13.8 Å². The first-order chi connectivity index (χ1) is 14.3. The molecule has 0 fully saturated rings. The van der Waals surface area contributed by atoms with Gasteiger partial charge in [0.1, 0.15) is 11.3 Å². The van der Waals surface area contributed by atoms with Crippen LogP contribution in [0.5, 0.6) is 0 Å². The number of carbonyl (C=O) groups is 1. The summed E-state index contributed by atoms with van der Waals surface area (Å²) in [5.41, 5.74) is 4.81.